The van der Waals surface area contributed by atoms with E-state index in [0.717, 1.165) is 32.8 Å². The van der Waals surface area contributed by atoms with Crippen LogP contribution in [0.4, 0.5) is 14.9 Å². The summed E-state index contributed by atoms with van der Waals surface area (Å²) in [5.74, 6) is -3.18. The van der Waals surface area contributed by atoms with Gasteiger partial charge in [-0.15, -0.1) is 11.3 Å². The number of para-hydroxylation sites is 1. The van der Waals surface area contributed by atoms with Crippen LogP contribution < -0.4 is 31.9 Å². The summed E-state index contributed by atoms with van der Waals surface area (Å²) in [4.78, 5) is 103. The maximum atomic E-state index is 15.6. The quantitative estimate of drug-likeness (QED) is 0.0474. The molecule has 0 aliphatic carbocycles. The van der Waals surface area contributed by atoms with Gasteiger partial charge in [0.25, 0.3) is 0 Å². The zero-order valence-electron chi connectivity index (χ0n) is 46.8. The Labute approximate surface area is 466 Å². The monoisotopic (exact) mass is 1110 g/mol. The van der Waals surface area contributed by atoms with Crippen LogP contribution in [0.15, 0.2) is 66.2 Å². The normalized spacial score (nSPS) is 19.6. The second-order valence-corrected chi connectivity index (χ2v) is 24.1. The number of unbranched alkanes of at least 4 members (excludes halogenated alkanes) is 1. The molecule has 3 aromatic carbocycles. The minimum Gasteiger partial charge on any atom is -0.444 e. The fraction of sp³-hybridized carbons (Fsp3) is 0.525. The van der Waals surface area contributed by atoms with Gasteiger partial charge in [0, 0.05) is 32.2 Å². The molecular weight excluding hydrogens is 1030 g/mol. The molecule has 7 amide bonds. The smallest absolute Gasteiger partial charge is 0.408 e. The number of halogens is 1. The van der Waals surface area contributed by atoms with Gasteiger partial charge in [-0.1, -0.05) is 75.4 Å². The molecule has 0 radical (unpaired) electrons. The first-order valence-corrected chi connectivity index (χ1v) is 28.2. The number of rotatable bonds is 21. The van der Waals surface area contributed by atoms with Crippen molar-refractivity contribution in [2.24, 2.45) is 11.1 Å². The predicted molar refractivity (Wildman–Crippen MR) is 298 cm³/mol. The van der Waals surface area contributed by atoms with Crippen molar-refractivity contribution in [1.29, 1.82) is 0 Å². The number of likely N-dealkylation sites (tertiary alicyclic amines) is 1. The minimum absolute atomic E-state index is 0.0277. The molecule has 426 valence electrons. The maximum absolute atomic E-state index is 15.6. The zero-order valence-corrected chi connectivity index (χ0v) is 47.6. The summed E-state index contributed by atoms with van der Waals surface area (Å²) < 4.78 is 27.2. The van der Waals surface area contributed by atoms with Gasteiger partial charge in [-0.2, -0.15) is 0 Å². The summed E-state index contributed by atoms with van der Waals surface area (Å²) in [6.45, 7) is 16.1. The second kappa shape index (κ2) is 25.6. The fourth-order valence-electron chi connectivity index (χ4n) is 10.5. The van der Waals surface area contributed by atoms with Crippen LogP contribution in [-0.4, -0.2) is 111 Å². The lowest BCUT2D eigenvalue weighted by Gasteiger charge is -2.35. The molecule has 3 aliphatic rings. The van der Waals surface area contributed by atoms with E-state index in [9.17, 15) is 38.7 Å². The number of β-amino-alcohol motifs (C(OH)–C–C–N with tert-alkyl or cyclic N) is 1. The molecule has 1 aromatic heterocycles. The summed E-state index contributed by atoms with van der Waals surface area (Å²) in [6.07, 6.45) is 0.0893. The van der Waals surface area contributed by atoms with Crippen LogP contribution >= 0.6 is 11.3 Å². The Balaban J connectivity index is 0.895. The number of benzene rings is 3. The first-order valence-electron chi connectivity index (χ1n) is 27.3. The van der Waals surface area contributed by atoms with Crippen LogP contribution in [-0.2, 0) is 64.1 Å². The van der Waals surface area contributed by atoms with Crippen molar-refractivity contribution in [2.45, 2.75) is 187 Å². The van der Waals surface area contributed by atoms with Gasteiger partial charge in [-0.25, -0.2) is 14.2 Å². The zero-order chi connectivity index (χ0) is 57.5. The van der Waals surface area contributed by atoms with Crippen LogP contribution in [0.3, 0.4) is 0 Å². The number of alkyl carbamates (subject to hydrolysis) is 1. The van der Waals surface area contributed by atoms with Crippen molar-refractivity contribution in [2.75, 3.05) is 11.4 Å². The number of ether oxygens (including phenoxy) is 2. The molecule has 0 bridgehead atoms. The third-order valence-electron chi connectivity index (χ3n) is 14.8. The molecule has 8 atom stereocenters. The topological polar surface area (TPSA) is 252 Å². The Bertz CT molecular complexity index is 2880. The number of nitrogens with one attached hydrogen (secondary N) is 4. The summed E-state index contributed by atoms with van der Waals surface area (Å²) in [6, 6.07) is 13.4. The minimum atomic E-state index is -0.992. The molecule has 20 heteroatoms. The van der Waals surface area contributed by atoms with E-state index in [4.69, 9.17) is 15.2 Å². The average Bonchev–Trinajstić information content (AvgIpc) is 4.33. The van der Waals surface area contributed by atoms with Crippen molar-refractivity contribution < 1.29 is 52.5 Å². The van der Waals surface area contributed by atoms with E-state index in [2.05, 4.69) is 26.3 Å². The number of thiazole rings is 1. The molecule has 79 heavy (non-hydrogen) atoms. The SMILES string of the molecule is Cc1ncsc1-c1ccc([C@H](C)NC(=O)[C@@H]2C[C@@H](O)CN2C(=O)[C@@H](NC(=O)CCCCc2ccc(CO[C@H](C)[C@H](CCC(N)=O)NC(=O)[C@@H]3Cc4cccc5c4N3C(=O)[C@@H](NC(=O)OC(C)(C)C)CC5)cc2F)C(C)(C)C)cc1. The number of nitrogens with zero attached hydrogens (tertiary/aromatic N) is 3. The molecule has 7 N–H and O–H groups in total. The number of amides is 7. The van der Waals surface area contributed by atoms with Gasteiger partial charge in [0.1, 0.15) is 35.6 Å². The number of carbonyl (C=O) groups is 7. The number of anilines is 1. The van der Waals surface area contributed by atoms with Gasteiger partial charge in [0.15, 0.2) is 0 Å². The van der Waals surface area contributed by atoms with Crippen molar-refractivity contribution >= 4 is 58.6 Å². The standard InChI is InChI=1S/C59H77FN8O10S/c1-33(37-19-21-40(22-20-37)51-34(2)62-32-79-51)63-53(72)46-29-42(69)30-67(46)56(75)52(58(4,5)6)66-49(71)16-11-10-13-38-18-17-36(27-43(38)60)31-77-35(3)44(25-26-48(61)70)64-54(73)47-28-41-15-12-14-39-23-24-45(55(74)68(47)50(39)41)65-57(76)78-59(7,8)9/h12,14-15,17-22,27,32-33,35,42,44-47,52,69H,10-11,13,16,23-26,28-31H2,1-9H3,(H2,61,70)(H,63,72)(H,64,73)(H,65,76)(H,66,71)/t33-,35+,42+,44-,45-,46-,47-,52+/m0/s1. The molecule has 18 nitrogen and oxygen atoms in total. The number of aliphatic hydroxyl groups is 1. The fourth-order valence-corrected chi connectivity index (χ4v) is 11.3. The Morgan fingerprint density at radius 3 is 2.28 bits per heavy atom. The Morgan fingerprint density at radius 1 is 0.911 bits per heavy atom. The van der Waals surface area contributed by atoms with Gasteiger partial charge in [0.05, 0.1) is 52.7 Å². The summed E-state index contributed by atoms with van der Waals surface area (Å²) in [5.41, 5.74) is 12.0. The van der Waals surface area contributed by atoms with Gasteiger partial charge in [-0.05, 0) is 125 Å². The molecule has 0 spiro atoms. The van der Waals surface area contributed by atoms with Crippen LogP contribution in [0.2, 0.25) is 0 Å². The van der Waals surface area contributed by atoms with Crippen molar-refractivity contribution in [3.05, 3.63) is 106 Å². The first kappa shape index (κ1) is 59.9. The lowest BCUT2D eigenvalue weighted by molar-refractivity contribution is -0.144. The van der Waals surface area contributed by atoms with E-state index in [1.54, 1.807) is 56.7 Å². The van der Waals surface area contributed by atoms with Gasteiger partial charge in [0.2, 0.25) is 35.4 Å². The van der Waals surface area contributed by atoms with E-state index in [1.807, 2.05) is 77.1 Å². The molecule has 1 fully saturated rings. The third kappa shape index (κ3) is 15.3. The van der Waals surface area contributed by atoms with E-state index in [0.29, 0.717) is 48.9 Å². The summed E-state index contributed by atoms with van der Waals surface area (Å²) in [7, 11) is 0. The van der Waals surface area contributed by atoms with E-state index >= 15 is 4.39 Å². The lowest BCUT2D eigenvalue weighted by atomic mass is 9.85. The van der Waals surface area contributed by atoms with Crippen molar-refractivity contribution in [3.8, 4) is 10.4 Å². The van der Waals surface area contributed by atoms with Crippen molar-refractivity contribution in [3.63, 3.8) is 0 Å². The largest absolute Gasteiger partial charge is 0.444 e. The Morgan fingerprint density at radius 2 is 1.62 bits per heavy atom. The number of aromatic nitrogens is 1. The first-order chi connectivity index (χ1) is 37.3. The highest BCUT2D eigenvalue weighted by Crippen LogP contribution is 2.39. The van der Waals surface area contributed by atoms with Crippen LogP contribution in [0.25, 0.3) is 10.4 Å². The number of primary amides is 1. The number of nitrogens with two attached hydrogens (primary N) is 1. The second-order valence-electron chi connectivity index (χ2n) is 23.2. The number of aryl methyl sites for hydroxylation is 3. The summed E-state index contributed by atoms with van der Waals surface area (Å²) in [5, 5.41) is 22.3. The van der Waals surface area contributed by atoms with E-state index in [1.165, 1.54) is 15.9 Å². The lowest BCUT2D eigenvalue weighted by Crippen LogP contribution is -2.57. The number of carbonyl (C=O) groups excluding carboxylic acids is 7. The molecular formula is C59H77FN8O10S. The van der Waals surface area contributed by atoms with E-state index < -0.39 is 94.9 Å². The van der Waals surface area contributed by atoms with Crippen LogP contribution in [0.1, 0.15) is 140 Å². The van der Waals surface area contributed by atoms with Crippen LogP contribution in [0, 0.1) is 18.2 Å². The molecule has 4 heterocycles. The van der Waals surface area contributed by atoms with Gasteiger partial charge >= 0.3 is 6.09 Å². The highest BCUT2D eigenvalue weighted by atomic mass is 32.1. The number of aliphatic hydroxyl groups excluding tert-OH is 1. The molecule has 4 aromatic rings. The molecule has 0 saturated carbocycles. The van der Waals surface area contributed by atoms with E-state index in [-0.39, 0.29) is 57.2 Å². The predicted octanol–water partition coefficient (Wildman–Crippen LogP) is 6.79. The highest BCUT2D eigenvalue weighted by molar-refractivity contribution is 7.13. The third-order valence-corrected chi connectivity index (χ3v) is 15.8. The summed E-state index contributed by atoms with van der Waals surface area (Å²) >= 11 is 1.56. The molecule has 0 unspecified atom stereocenters. The Kier molecular flexibility index (Phi) is 19.4. The molecule has 3 aliphatic heterocycles. The van der Waals surface area contributed by atoms with Gasteiger partial charge in [-0.3, -0.25) is 33.7 Å². The maximum Gasteiger partial charge on any atom is 0.408 e. The van der Waals surface area contributed by atoms with Gasteiger partial charge < -0.3 is 46.5 Å². The molecule has 7 rings (SSSR count). The Hall–Kier alpha value is -6.77. The van der Waals surface area contributed by atoms with Crippen molar-refractivity contribution in [1.82, 2.24) is 31.2 Å². The number of hydrogen-bond acceptors (Lipinski definition) is 12. The number of hydrogen-bond donors (Lipinski definition) is 6. The van der Waals surface area contributed by atoms with Crippen LogP contribution in [0.5, 0.6) is 0 Å². The highest BCUT2D eigenvalue weighted by Gasteiger charge is 2.46. The molecule has 1 saturated heterocycles. The average molecular weight is 1110 g/mol.